The highest BCUT2D eigenvalue weighted by atomic mass is 16.3. The molecule has 3 N–H and O–H groups in total. The zero-order valence-corrected chi connectivity index (χ0v) is 10.9. The molecule has 0 unspecified atom stereocenters. The van der Waals surface area contributed by atoms with Crippen molar-refractivity contribution in [2.75, 3.05) is 6.54 Å². The quantitative estimate of drug-likeness (QED) is 0.625. The summed E-state index contributed by atoms with van der Waals surface area (Å²) in [5.41, 5.74) is 0. The summed E-state index contributed by atoms with van der Waals surface area (Å²) < 4.78 is 0. The van der Waals surface area contributed by atoms with Gasteiger partial charge >= 0.3 is 6.03 Å². The summed E-state index contributed by atoms with van der Waals surface area (Å²) in [4.78, 5) is 11.5. The maximum Gasteiger partial charge on any atom is 0.315 e. The van der Waals surface area contributed by atoms with Gasteiger partial charge in [-0.3, -0.25) is 0 Å². The van der Waals surface area contributed by atoms with Crippen LogP contribution in [0.1, 0.15) is 58.3 Å². The molecule has 17 heavy (non-hydrogen) atoms. The predicted octanol–water partition coefficient (Wildman–Crippen LogP) is 2.17. The van der Waals surface area contributed by atoms with Gasteiger partial charge in [-0.25, -0.2) is 4.79 Å². The normalized spacial score (nSPS) is 24.4. The van der Waals surface area contributed by atoms with Crippen LogP contribution in [0.25, 0.3) is 0 Å². The lowest BCUT2D eigenvalue weighted by molar-refractivity contribution is 0.117. The van der Waals surface area contributed by atoms with Crippen molar-refractivity contribution in [3.05, 3.63) is 0 Å². The number of unbranched alkanes of at least 4 members (excludes halogenated alkanes) is 3. The van der Waals surface area contributed by atoms with Gasteiger partial charge in [0.2, 0.25) is 0 Å². The van der Waals surface area contributed by atoms with E-state index in [9.17, 15) is 9.90 Å². The Balaban J connectivity index is 2.00. The molecule has 0 radical (unpaired) electrons. The molecule has 0 saturated heterocycles. The Bertz CT molecular complexity index is 213. The monoisotopic (exact) mass is 242 g/mol. The Labute approximate surface area is 104 Å². The van der Waals surface area contributed by atoms with E-state index in [0.29, 0.717) is 0 Å². The van der Waals surface area contributed by atoms with Crippen molar-refractivity contribution >= 4 is 6.03 Å². The third kappa shape index (κ3) is 6.51. The second-order valence-corrected chi connectivity index (χ2v) is 4.97. The van der Waals surface area contributed by atoms with Crippen LogP contribution in [0, 0.1) is 0 Å². The number of nitrogens with one attached hydrogen (secondary N) is 2. The number of carbonyl (C=O) groups excluding carboxylic acids is 1. The van der Waals surface area contributed by atoms with E-state index in [-0.39, 0.29) is 18.2 Å². The molecule has 0 spiro atoms. The number of carbonyl (C=O) groups is 1. The first-order valence-electron chi connectivity index (χ1n) is 6.94. The van der Waals surface area contributed by atoms with Crippen LogP contribution in [0.15, 0.2) is 0 Å². The Kier molecular flexibility index (Phi) is 7.01. The lowest BCUT2D eigenvalue weighted by Gasteiger charge is -2.26. The van der Waals surface area contributed by atoms with E-state index in [2.05, 4.69) is 17.6 Å². The molecule has 1 rings (SSSR count). The number of urea groups is 1. The van der Waals surface area contributed by atoms with Crippen LogP contribution < -0.4 is 10.6 Å². The van der Waals surface area contributed by atoms with Crippen LogP contribution in [0.4, 0.5) is 4.79 Å². The highest BCUT2D eigenvalue weighted by Gasteiger charge is 2.20. The molecule has 4 heteroatoms. The third-order valence-corrected chi connectivity index (χ3v) is 3.35. The molecule has 1 aliphatic rings. The van der Waals surface area contributed by atoms with Crippen molar-refractivity contribution in [1.29, 1.82) is 0 Å². The Hall–Kier alpha value is -0.770. The second kappa shape index (κ2) is 8.34. The van der Waals surface area contributed by atoms with Gasteiger partial charge in [-0.2, -0.15) is 0 Å². The third-order valence-electron chi connectivity index (χ3n) is 3.35. The Morgan fingerprint density at radius 2 is 1.88 bits per heavy atom. The zero-order chi connectivity index (χ0) is 12.5. The number of hydrogen-bond acceptors (Lipinski definition) is 2. The molecule has 0 aliphatic heterocycles. The molecule has 100 valence electrons. The van der Waals surface area contributed by atoms with Gasteiger partial charge in [0.25, 0.3) is 0 Å². The average molecular weight is 242 g/mol. The van der Waals surface area contributed by atoms with Gasteiger partial charge in [0, 0.05) is 12.6 Å². The summed E-state index contributed by atoms with van der Waals surface area (Å²) in [6.45, 7) is 2.94. The van der Waals surface area contributed by atoms with E-state index in [0.717, 1.165) is 38.6 Å². The molecule has 1 fully saturated rings. The van der Waals surface area contributed by atoms with Crippen LogP contribution in [0.2, 0.25) is 0 Å². The largest absolute Gasteiger partial charge is 0.393 e. The lowest BCUT2D eigenvalue weighted by atomic mass is 9.93. The maximum atomic E-state index is 11.5. The summed E-state index contributed by atoms with van der Waals surface area (Å²) in [6.07, 6.45) is 7.94. The SMILES string of the molecule is CCCCCCNC(=O)NC1CCC(O)CC1. The first kappa shape index (κ1) is 14.3. The minimum Gasteiger partial charge on any atom is -0.393 e. The van der Waals surface area contributed by atoms with Gasteiger partial charge in [0.05, 0.1) is 6.10 Å². The van der Waals surface area contributed by atoms with E-state index in [4.69, 9.17) is 0 Å². The van der Waals surface area contributed by atoms with Gasteiger partial charge in [0.15, 0.2) is 0 Å². The number of amides is 2. The van der Waals surface area contributed by atoms with Crippen LogP contribution in [0.3, 0.4) is 0 Å². The van der Waals surface area contributed by atoms with Crippen molar-refractivity contribution in [2.45, 2.75) is 70.4 Å². The van der Waals surface area contributed by atoms with Gasteiger partial charge in [-0.1, -0.05) is 26.2 Å². The second-order valence-electron chi connectivity index (χ2n) is 4.97. The van der Waals surface area contributed by atoms with Gasteiger partial charge < -0.3 is 15.7 Å². The van der Waals surface area contributed by atoms with Gasteiger partial charge in [-0.05, 0) is 32.1 Å². The molecule has 4 nitrogen and oxygen atoms in total. The molecule has 0 aromatic rings. The van der Waals surface area contributed by atoms with Crippen LogP contribution in [0.5, 0.6) is 0 Å². The number of aliphatic hydroxyl groups excluding tert-OH is 1. The number of aliphatic hydroxyl groups is 1. The summed E-state index contributed by atoms with van der Waals surface area (Å²) in [7, 11) is 0. The highest BCUT2D eigenvalue weighted by molar-refractivity contribution is 5.74. The first-order chi connectivity index (χ1) is 8.22. The summed E-state index contributed by atoms with van der Waals surface area (Å²) in [6, 6.07) is 0.192. The van der Waals surface area contributed by atoms with Crippen molar-refractivity contribution in [3.63, 3.8) is 0 Å². The molecule has 0 heterocycles. The molecule has 0 bridgehead atoms. The zero-order valence-electron chi connectivity index (χ0n) is 10.9. The van der Waals surface area contributed by atoms with E-state index >= 15 is 0 Å². The van der Waals surface area contributed by atoms with E-state index in [1.807, 2.05) is 0 Å². The minimum atomic E-state index is -0.162. The Morgan fingerprint density at radius 1 is 1.18 bits per heavy atom. The summed E-state index contributed by atoms with van der Waals surface area (Å²) >= 11 is 0. The van der Waals surface area contributed by atoms with Gasteiger partial charge in [-0.15, -0.1) is 0 Å². The highest BCUT2D eigenvalue weighted by Crippen LogP contribution is 2.17. The van der Waals surface area contributed by atoms with Crippen LogP contribution in [-0.2, 0) is 0 Å². The first-order valence-corrected chi connectivity index (χ1v) is 6.94. The smallest absolute Gasteiger partial charge is 0.315 e. The van der Waals surface area contributed by atoms with E-state index in [1.54, 1.807) is 0 Å². The van der Waals surface area contributed by atoms with Crippen molar-refractivity contribution in [3.8, 4) is 0 Å². The molecule has 1 aliphatic carbocycles. The molecular weight excluding hydrogens is 216 g/mol. The lowest BCUT2D eigenvalue weighted by Crippen LogP contribution is -2.44. The minimum absolute atomic E-state index is 0.0529. The van der Waals surface area contributed by atoms with Gasteiger partial charge in [0.1, 0.15) is 0 Å². The number of rotatable bonds is 6. The van der Waals surface area contributed by atoms with Crippen molar-refractivity contribution < 1.29 is 9.90 Å². The van der Waals surface area contributed by atoms with Crippen LogP contribution in [-0.4, -0.2) is 29.8 Å². The van der Waals surface area contributed by atoms with Crippen LogP contribution >= 0.6 is 0 Å². The molecule has 0 aromatic carbocycles. The topological polar surface area (TPSA) is 61.4 Å². The molecule has 0 atom stereocenters. The van der Waals surface area contributed by atoms with E-state index < -0.39 is 0 Å². The fourth-order valence-electron chi connectivity index (χ4n) is 2.21. The molecule has 1 saturated carbocycles. The summed E-state index contributed by atoms with van der Waals surface area (Å²) in [5.74, 6) is 0. The number of hydrogen-bond donors (Lipinski definition) is 3. The average Bonchev–Trinajstić information content (AvgIpc) is 2.32. The molecule has 0 aromatic heterocycles. The fraction of sp³-hybridized carbons (Fsp3) is 0.923. The van der Waals surface area contributed by atoms with E-state index in [1.165, 1.54) is 19.3 Å². The molecule has 2 amide bonds. The van der Waals surface area contributed by atoms with Crippen molar-refractivity contribution in [1.82, 2.24) is 10.6 Å². The predicted molar refractivity (Wildman–Crippen MR) is 68.9 cm³/mol. The maximum absolute atomic E-state index is 11.5. The van der Waals surface area contributed by atoms with Crippen molar-refractivity contribution in [2.24, 2.45) is 0 Å². The fourth-order valence-corrected chi connectivity index (χ4v) is 2.21. The summed E-state index contributed by atoms with van der Waals surface area (Å²) in [5, 5.41) is 15.2. The standard InChI is InChI=1S/C13H26N2O2/c1-2-3-4-5-10-14-13(17)15-11-6-8-12(16)9-7-11/h11-12,16H,2-10H2,1H3,(H2,14,15,17). The Morgan fingerprint density at radius 3 is 2.53 bits per heavy atom. The molecular formula is C13H26N2O2.